The van der Waals surface area contributed by atoms with Crippen molar-refractivity contribution in [2.45, 2.75) is 29.2 Å². The van der Waals surface area contributed by atoms with E-state index in [1.165, 1.54) is 0 Å². The molecule has 0 unspecified atom stereocenters. The molecule has 6 aromatic rings. The van der Waals surface area contributed by atoms with E-state index in [9.17, 15) is 10.2 Å². The fourth-order valence-corrected chi connectivity index (χ4v) is 6.63. The standard InChI is InChI=1S/C41H34O4.Ti/c42-39(31-19-7-1-8-20-31,32-21-9-2-10-22-32)37-38(40(43,33-23-11-3-12-24-33)34-25-13-4-14-26-34)45-41(44-37,35-27-15-5-16-28-35)36-29-17-6-18-30-36;/h1-30,37-38,42-43H;/t37-,38-;/m1./s1. The van der Waals surface area contributed by atoms with Crippen LogP contribution in [0.25, 0.3) is 0 Å². The van der Waals surface area contributed by atoms with Crippen molar-refractivity contribution in [1.29, 1.82) is 0 Å². The Kier molecular flexibility index (Phi) is 9.21. The predicted octanol–water partition coefficient (Wildman–Crippen LogP) is 7.54. The largest absolute Gasteiger partial charge is 0.378 e. The van der Waals surface area contributed by atoms with Gasteiger partial charge in [-0.05, 0) is 22.3 Å². The van der Waals surface area contributed by atoms with Crippen molar-refractivity contribution in [2.24, 2.45) is 0 Å². The second-order valence-corrected chi connectivity index (χ2v) is 11.4. The molecular formula is C41H34O4Ti. The molecule has 0 radical (unpaired) electrons. The van der Waals surface area contributed by atoms with E-state index in [0.29, 0.717) is 22.3 Å². The zero-order valence-corrected chi connectivity index (χ0v) is 26.7. The molecule has 4 nitrogen and oxygen atoms in total. The average molecular weight is 639 g/mol. The topological polar surface area (TPSA) is 58.9 Å². The van der Waals surface area contributed by atoms with Gasteiger partial charge in [0.15, 0.2) is 0 Å². The Labute approximate surface area is 284 Å². The molecule has 1 saturated heterocycles. The first-order valence-electron chi connectivity index (χ1n) is 15.2. The van der Waals surface area contributed by atoms with E-state index >= 15 is 0 Å². The summed E-state index contributed by atoms with van der Waals surface area (Å²) in [6.45, 7) is 0. The molecule has 6 aromatic carbocycles. The minimum absolute atomic E-state index is 0. The summed E-state index contributed by atoms with van der Waals surface area (Å²) in [4.78, 5) is 0. The molecule has 0 spiro atoms. The van der Waals surface area contributed by atoms with Gasteiger partial charge in [0.25, 0.3) is 0 Å². The summed E-state index contributed by atoms with van der Waals surface area (Å²) in [5, 5.41) is 26.6. The summed E-state index contributed by atoms with van der Waals surface area (Å²) >= 11 is 0. The van der Waals surface area contributed by atoms with Gasteiger partial charge in [-0.3, -0.25) is 0 Å². The third-order valence-electron chi connectivity index (χ3n) is 8.85. The Bertz CT molecular complexity index is 1600. The average Bonchev–Trinajstić information content (AvgIpc) is 3.56. The van der Waals surface area contributed by atoms with Crippen molar-refractivity contribution in [1.82, 2.24) is 0 Å². The molecule has 0 amide bonds. The van der Waals surface area contributed by atoms with Crippen LogP contribution in [-0.2, 0) is 48.2 Å². The van der Waals surface area contributed by atoms with Crippen LogP contribution in [0.2, 0.25) is 0 Å². The van der Waals surface area contributed by atoms with Crippen LogP contribution in [0.15, 0.2) is 182 Å². The molecular weight excluding hydrogens is 604 g/mol. The normalized spacial score (nSPS) is 17.6. The Morgan fingerprint density at radius 2 is 0.587 bits per heavy atom. The summed E-state index contributed by atoms with van der Waals surface area (Å²) in [5.74, 6) is -1.47. The van der Waals surface area contributed by atoms with Crippen LogP contribution in [0.3, 0.4) is 0 Å². The molecule has 1 aliphatic rings. The third kappa shape index (κ3) is 5.38. The second kappa shape index (κ2) is 13.3. The quantitative estimate of drug-likeness (QED) is 0.169. The van der Waals surface area contributed by atoms with E-state index in [0.717, 1.165) is 11.1 Å². The van der Waals surface area contributed by atoms with Crippen LogP contribution in [0.5, 0.6) is 0 Å². The van der Waals surface area contributed by atoms with E-state index in [1.807, 2.05) is 182 Å². The fraction of sp³-hybridized carbons (Fsp3) is 0.122. The molecule has 1 aliphatic heterocycles. The number of hydrogen-bond donors (Lipinski definition) is 2. The maximum Gasteiger partial charge on any atom is 0.223 e. The first kappa shape index (κ1) is 31.8. The minimum atomic E-state index is -1.74. The molecule has 0 saturated carbocycles. The first-order chi connectivity index (χ1) is 22.1. The van der Waals surface area contributed by atoms with Crippen LogP contribution in [-0.4, -0.2) is 22.4 Å². The molecule has 46 heavy (non-hydrogen) atoms. The fourth-order valence-electron chi connectivity index (χ4n) is 6.63. The maximum absolute atomic E-state index is 13.3. The van der Waals surface area contributed by atoms with Gasteiger partial charge in [-0.1, -0.05) is 182 Å². The molecule has 0 aromatic heterocycles. The van der Waals surface area contributed by atoms with Gasteiger partial charge in [0.05, 0.1) is 0 Å². The Balaban J connectivity index is 0.00000372. The summed E-state index contributed by atoms with van der Waals surface area (Å²) in [6, 6.07) is 57.5. The molecule has 2 N–H and O–H groups in total. The zero-order chi connectivity index (χ0) is 30.7. The zero-order valence-electron chi connectivity index (χ0n) is 25.2. The molecule has 226 valence electrons. The van der Waals surface area contributed by atoms with Crippen molar-refractivity contribution >= 4 is 0 Å². The van der Waals surface area contributed by atoms with Gasteiger partial charge >= 0.3 is 0 Å². The van der Waals surface area contributed by atoms with Crippen molar-refractivity contribution in [3.05, 3.63) is 215 Å². The molecule has 7 rings (SSSR count). The summed E-state index contributed by atoms with van der Waals surface area (Å²) in [6.07, 6.45) is -2.21. The number of ether oxygens (including phenoxy) is 2. The predicted molar refractivity (Wildman–Crippen MR) is 175 cm³/mol. The van der Waals surface area contributed by atoms with Crippen molar-refractivity contribution in [3.8, 4) is 0 Å². The van der Waals surface area contributed by atoms with Gasteiger partial charge in [0, 0.05) is 32.8 Å². The van der Waals surface area contributed by atoms with Gasteiger partial charge in [-0.2, -0.15) is 0 Å². The van der Waals surface area contributed by atoms with E-state index in [4.69, 9.17) is 9.47 Å². The van der Waals surface area contributed by atoms with Crippen LogP contribution in [0.1, 0.15) is 33.4 Å². The SMILES string of the molecule is OC(c1ccccc1)(c1ccccc1)[C@@H]1OC(c2ccccc2)(c2ccccc2)O[C@H]1C(O)(c1ccccc1)c1ccccc1.[Ti]. The Morgan fingerprint density at radius 1 is 0.370 bits per heavy atom. The van der Waals surface area contributed by atoms with Crippen LogP contribution in [0, 0.1) is 0 Å². The number of hydrogen-bond acceptors (Lipinski definition) is 4. The maximum atomic E-state index is 13.3. The van der Waals surface area contributed by atoms with Crippen molar-refractivity contribution < 1.29 is 41.4 Å². The van der Waals surface area contributed by atoms with Crippen molar-refractivity contribution in [2.75, 3.05) is 0 Å². The molecule has 5 heteroatoms. The van der Waals surface area contributed by atoms with Gasteiger partial charge in [-0.15, -0.1) is 0 Å². The smallest absolute Gasteiger partial charge is 0.223 e. The van der Waals surface area contributed by atoms with Gasteiger partial charge in [-0.25, -0.2) is 0 Å². The van der Waals surface area contributed by atoms with Gasteiger partial charge in [0.2, 0.25) is 5.79 Å². The van der Waals surface area contributed by atoms with E-state index in [-0.39, 0.29) is 21.7 Å². The summed E-state index contributed by atoms with van der Waals surface area (Å²) in [5.41, 5.74) is 0.494. The first-order valence-corrected chi connectivity index (χ1v) is 15.2. The Hall–Kier alpha value is -4.13. The number of aliphatic hydroxyl groups is 2. The van der Waals surface area contributed by atoms with Crippen molar-refractivity contribution in [3.63, 3.8) is 0 Å². The van der Waals surface area contributed by atoms with Gasteiger partial charge in [0.1, 0.15) is 23.4 Å². The number of rotatable bonds is 8. The molecule has 0 aliphatic carbocycles. The summed E-state index contributed by atoms with van der Waals surface area (Å²) < 4.78 is 14.5. The molecule has 1 heterocycles. The van der Waals surface area contributed by atoms with E-state index < -0.39 is 29.2 Å². The monoisotopic (exact) mass is 638 g/mol. The summed E-state index contributed by atoms with van der Waals surface area (Å²) in [7, 11) is 0. The molecule has 1 fully saturated rings. The van der Waals surface area contributed by atoms with Crippen LogP contribution >= 0.6 is 0 Å². The third-order valence-corrected chi connectivity index (χ3v) is 8.85. The number of benzene rings is 6. The van der Waals surface area contributed by atoms with E-state index in [1.54, 1.807) is 0 Å². The second-order valence-electron chi connectivity index (χ2n) is 11.4. The van der Waals surface area contributed by atoms with Crippen LogP contribution in [0.4, 0.5) is 0 Å². The Morgan fingerprint density at radius 3 is 0.826 bits per heavy atom. The van der Waals surface area contributed by atoms with Gasteiger partial charge < -0.3 is 19.7 Å². The minimum Gasteiger partial charge on any atom is -0.378 e. The molecule has 0 bridgehead atoms. The van der Waals surface area contributed by atoms with E-state index in [2.05, 4.69) is 0 Å². The van der Waals surface area contributed by atoms with Crippen LogP contribution < -0.4 is 0 Å². The molecule has 2 atom stereocenters.